The number of hydrogen-bond donors (Lipinski definition) is 2. The fraction of sp³-hybridized carbons (Fsp3) is 0.391. The van der Waals surface area contributed by atoms with E-state index in [1.807, 2.05) is 53.4 Å². The fourth-order valence-electron chi connectivity index (χ4n) is 3.15. The minimum Gasteiger partial charge on any atom is -0.378 e. The van der Waals surface area contributed by atoms with Crippen LogP contribution in [0.25, 0.3) is 0 Å². The van der Waals surface area contributed by atoms with Gasteiger partial charge in [0.2, 0.25) is 5.91 Å². The summed E-state index contributed by atoms with van der Waals surface area (Å²) >= 11 is 0. The van der Waals surface area contributed by atoms with Crippen LogP contribution in [0.2, 0.25) is 0 Å². The number of nitrogens with one attached hydrogen (secondary N) is 2. The Morgan fingerprint density at radius 1 is 0.897 bits per heavy atom. The molecular weight excluding hydrogens is 366 g/mol. The van der Waals surface area contributed by atoms with Crippen molar-refractivity contribution in [2.75, 3.05) is 36.9 Å². The number of anilines is 2. The zero-order valence-corrected chi connectivity index (χ0v) is 17.3. The van der Waals surface area contributed by atoms with Gasteiger partial charge in [0.15, 0.2) is 0 Å². The second-order valence-corrected chi connectivity index (χ2v) is 8.27. The summed E-state index contributed by atoms with van der Waals surface area (Å²) in [6.45, 7) is 8.96. The van der Waals surface area contributed by atoms with Gasteiger partial charge in [-0.05, 0) is 40.8 Å². The van der Waals surface area contributed by atoms with Crippen LogP contribution in [0.3, 0.4) is 0 Å². The van der Waals surface area contributed by atoms with Crippen LogP contribution < -0.4 is 10.6 Å². The number of morpholine rings is 1. The number of urea groups is 1. The average molecular weight is 396 g/mol. The quantitative estimate of drug-likeness (QED) is 0.821. The van der Waals surface area contributed by atoms with Gasteiger partial charge in [0.1, 0.15) is 0 Å². The first-order chi connectivity index (χ1) is 13.8. The van der Waals surface area contributed by atoms with E-state index >= 15 is 0 Å². The number of benzene rings is 2. The topological polar surface area (TPSA) is 70.7 Å². The first kappa shape index (κ1) is 20.9. The highest BCUT2D eigenvalue weighted by molar-refractivity contribution is 5.99. The maximum atomic E-state index is 12.3. The smallest absolute Gasteiger partial charge is 0.323 e. The molecule has 1 fully saturated rings. The lowest BCUT2D eigenvalue weighted by Gasteiger charge is -2.26. The standard InChI is InChI=1S/C23H29N3O3/c1-23(2,3)18-6-10-20(11-7-18)25-22(28)24-19-8-4-17(5-9-19)16-21(27)26-12-14-29-15-13-26/h4-11H,12-16H2,1-3H3,(H2,24,25,28). The molecule has 154 valence electrons. The molecule has 1 aliphatic rings. The summed E-state index contributed by atoms with van der Waals surface area (Å²) in [5.41, 5.74) is 3.63. The molecule has 0 aromatic heterocycles. The van der Waals surface area contributed by atoms with Crippen LogP contribution in [0.5, 0.6) is 0 Å². The highest BCUT2D eigenvalue weighted by Crippen LogP contribution is 2.23. The predicted molar refractivity (Wildman–Crippen MR) is 115 cm³/mol. The fourth-order valence-corrected chi connectivity index (χ4v) is 3.15. The van der Waals surface area contributed by atoms with Gasteiger partial charge in [-0.25, -0.2) is 4.79 Å². The van der Waals surface area contributed by atoms with Crippen LogP contribution in [0.4, 0.5) is 16.2 Å². The van der Waals surface area contributed by atoms with Crippen molar-refractivity contribution in [2.24, 2.45) is 0 Å². The third-order valence-electron chi connectivity index (χ3n) is 4.94. The Hall–Kier alpha value is -2.86. The highest BCUT2D eigenvalue weighted by atomic mass is 16.5. The Labute approximate surface area is 172 Å². The molecule has 0 unspecified atom stereocenters. The third-order valence-corrected chi connectivity index (χ3v) is 4.94. The zero-order chi connectivity index (χ0) is 20.9. The van der Waals surface area contributed by atoms with Gasteiger partial charge in [0.25, 0.3) is 0 Å². The van der Waals surface area contributed by atoms with Crippen LogP contribution in [0.15, 0.2) is 48.5 Å². The Morgan fingerprint density at radius 2 is 1.41 bits per heavy atom. The van der Waals surface area contributed by atoms with Crippen LogP contribution in [-0.2, 0) is 21.4 Å². The first-order valence-corrected chi connectivity index (χ1v) is 9.94. The molecule has 2 aromatic rings. The van der Waals surface area contributed by atoms with Crippen molar-refractivity contribution < 1.29 is 14.3 Å². The van der Waals surface area contributed by atoms with Crippen LogP contribution in [0.1, 0.15) is 31.9 Å². The molecule has 1 heterocycles. The monoisotopic (exact) mass is 395 g/mol. The van der Waals surface area contributed by atoms with E-state index in [2.05, 4.69) is 31.4 Å². The molecule has 1 saturated heterocycles. The van der Waals surface area contributed by atoms with E-state index in [1.165, 1.54) is 5.56 Å². The number of carbonyl (C=O) groups excluding carboxylic acids is 2. The summed E-state index contributed by atoms with van der Waals surface area (Å²) in [6, 6.07) is 14.9. The number of rotatable bonds is 4. The summed E-state index contributed by atoms with van der Waals surface area (Å²) in [6.07, 6.45) is 0.354. The van der Waals surface area contributed by atoms with Crippen LogP contribution in [-0.4, -0.2) is 43.1 Å². The minimum absolute atomic E-state index is 0.0751. The van der Waals surface area contributed by atoms with E-state index in [0.717, 1.165) is 11.3 Å². The molecule has 29 heavy (non-hydrogen) atoms. The Bertz CT molecular complexity index is 833. The average Bonchev–Trinajstić information content (AvgIpc) is 2.70. The van der Waals surface area contributed by atoms with Gasteiger partial charge in [0.05, 0.1) is 19.6 Å². The highest BCUT2D eigenvalue weighted by Gasteiger charge is 2.17. The lowest BCUT2D eigenvalue weighted by atomic mass is 9.87. The molecule has 2 aromatic carbocycles. The van der Waals surface area contributed by atoms with E-state index in [1.54, 1.807) is 0 Å². The van der Waals surface area contributed by atoms with E-state index < -0.39 is 0 Å². The van der Waals surface area contributed by atoms with Crippen molar-refractivity contribution in [1.29, 1.82) is 0 Å². The van der Waals surface area contributed by atoms with Crippen molar-refractivity contribution in [3.05, 3.63) is 59.7 Å². The molecule has 0 radical (unpaired) electrons. The number of ether oxygens (including phenoxy) is 1. The molecule has 0 saturated carbocycles. The Kier molecular flexibility index (Phi) is 6.54. The second-order valence-electron chi connectivity index (χ2n) is 8.27. The van der Waals surface area contributed by atoms with Gasteiger partial charge in [-0.15, -0.1) is 0 Å². The van der Waals surface area contributed by atoms with Crippen LogP contribution >= 0.6 is 0 Å². The SMILES string of the molecule is CC(C)(C)c1ccc(NC(=O)Nc2ccc(CC(=O)N3CCOCC3)cc2)cc1. The molecule has 6 heteroatoms. The van der Waals surface area contributed by atoms with Crippen molar-refractivity contribution in [1.82, 2.24) is 4.90 Å². The van der Waals surface area contributed by atoms with Crippen LogP contribution in [0, 0.1) is 0 Å². The number of amides is 3. The molecule has 0 spiro atoms. The van der Waals surface area contributed by atoms with E-state index in [-0.39, 0.29) is 17.4 Å². The van der Waals surface area contributed by atoms with Crippen molar-refractivity contribution >= 4 is 23.3 Å². The van der Waals surface area contributed by atoms with Gasteiger partial charge in [-0.2, -0.15) is 0 Å². The molecular formula is C23H29N3O3. The van der Waals surface area contributed by atoms with Crippen molar-refractivity contribution in [2.45, 2.75) is 32.6 Å². The van der Waals surface area contributed by atoms with E-state index in [9.17, 15) is 9.59 Å². The normalized spacial score (nSPS) is 14.4. The zero-order valence-electron chi connectivity index (χ0n) is 17.3. The van der Waals surface area contributed by atoms with Gasteiger partial charge in [-0.3, -0.25) is 4.79 Å². The second kappa shape index (κ2) is 9.09. The molecule has 0 aliphatic carbocycles. The molecule has 2 N–H and O–H groups in total. The number of hydrogen-bond acceptors (Lipinski definition) is 3. The summed E-state index contributed by atoms with van der Waals surface area (Å²) < 4.78 is 5.28. The summed E-state index contributed by atoms with van der Waals surface area (Å²) in [5.74, 6) is 0.102. The van der Waals surface area contributed by atoms with Gasteiger partial charge in [0, 0.05) is 24.5 Å². The summed E-state index contributed by atoms with van der Waals surface area (Å²) in [5, 5.41) is 5.65. The summed E-state index contributed by atoms with van der Waals surface area (Å²) in [7, 11) is 0. The first-order valence-electron chi connectivity index (χ1n) is 9.94. The largest absolute Gasteiger partial charge is 0.378 e. The number of carbonyl (C=O) groups is 2. The van der Waals surface area contributed by atoms with Crippen molar-refractivity contribution in [3.63, 3.8) is 0 Å². The Morgan fingerprint density at radius 3 is 1.93 bits per heavy atom. The molecule has 3 rings (SSSR count). The molecule has 1 aliphatic heterocycles. The predicted octanol–water partition coefficient (Wildman–Crippen LogP) is 4.03. The van der Waals surface area contributed by atoms with Crippen molar-refractivity contribution in [3.8, 4) is 0 Å². The lowest BCUT2D eigenvalue weighted by molar-refractivity contribution is -0.134. The van der Waals surface area contributed by atoms with Gasteiger partial charge < -0.3 is 20.3 Å². The van der Waals surface area contributed by atoms with E-state index in [0.29, 0.717) is 38.4 Å². The maximum absolute atomic E-state index is 12.3. The van der Waals surface area contributed by atoms with Gasteiger partial charge in [-0.1, -0.05) is 45.0 Å². The third kappa shape index (κ3) is 6.06. The molecule has 0 bridgehead atoms. The number of nitrogens with zero attached hydrogens (tertiary/aromatic N) is 1. The molecule has 3 amide bonds. The maximum Gasteiger partial charge on any atom is 0.323 e. The molecule has 6 nitrogen and oxygen atoms in total. The molecule has 0 atom stereocenters. The minimum atomic E-state index is -0.300. The summed E-state index contributed by atoms with van der Waals surface area (Å²) in [4.78, 5) is 26.4. The Balaban J connectivity index is 1.51. The van der Waals surface area contributed by atoms with E-state index in [4.69, 9.17) is 4.74 Å². The lowest BCUT2D eigenvalue weighted by Crippen LogP contribution is -2.41. The van der Waals surface area contributed by atoms with Gasteiger partial charge >= 0.3 is 6.03 Å².